The number of pyridine rings is 1. The van der Waals surface area contributed by atoms with Crippen molar-refractivity contribution in [3.63, 3.8) is 0 Å². The number of ether oxygens (including phenoxy) is 2. The first-order valence-electron chi connectivity index (χ1n) is 9.63. The molecule has 3 heterocycles. The summed E-state index contributed by atoms with van der Waals surface area (Å²) in [5, 5.41) is 15.5. The highest BCUT2D eigenvalue weighted by atomic mass is 127. The highest BCUT2D eigenvalue weighted by molar-refractivity contribution is 14.0. The van der Waals surface area contributed by atoms with Crippen molar-refractivity contribution in [1.29, 1.82) is 0 Å². The second-order valence-corrected chi connectivity index (χ2v) is 6.93. The molecule has 0 saturated carbocycles. The summed E-state index contributed by atoms with van der Waals surface area (Å²) in [6, 6.07) is 9.71. The average molecular weight is 543 g/mol. The van der Waals surface area contributed by atoms with Crippen LogP contribution in [0.3, 0.4) is 0 Å². The fourth-order valence-electron chi connectivity index (χ4n) is 3.12. The summed E-state index contributed by atoms with van der Waals surface area (Å²) in [7, 11) is 0. The number of hydrogen-bond acceptors (Lipinski definition) is 5. The van der Waals surface area contributed by atoms with Crippen molar-refractivity contribution in [2.75, 3.05) is 26.3 Å². The van der Waals surface area contributed by atoms with E-state index in [0.29, 0.717) is 42.8 Å². The van der Waals surface area contributed by atoms with E-state index >= 15 is 0 Å². The first kappa shape index (κ1) is 22.4. The van der Waals surface area contributed by atoms with Gasteiger partial charge in [-0.05, 0) is 43.2 Å². The number of benzene rings is 1. The minimum atomic E-state index is 0. The van der Waals surface area contributed by atoms with Crippen molar-refractivity contribution < 1.29 is 9.47 Å². The third kappa shape index (κ3) is 5.25. The van der Waals surface area contributed by atoms with Crippen LogP contribution in [0.25, 0.3) is 5.65 Å². The Hall–Kier alpha value is -2.27. The summed E-state index contributed by atoms with van der Waals surface area (Å²) >= 11 is 6.32. The molecule has 0 unspecified atom stereocenters. The molecule has 0 spiro atoms. The van der Waals surface area contributed by atoms with Gasteiger partial charge in [-0.1, -0.05) is 17.7 Å². The molecule has 0 aliphatic carbocycles. The van der Waals surface area contributed by atoms with Crippen molar-refractivity contribution in [1.82, 2.24) is 25.2 Å². The van der Waals surface area contributed by atoms with Gasteiger partial charge in [0.2, 0.25) is 0 Å². The van der Waals surface area contributed by atoms with E-state index in [4.69, 9.17) is 21.1 Å². The maximum absolute atomic E-state index is 6.32. The molecule has 4 rings (SSSR count). The standard InChI is InChI=1S/C20H23ClN6O2.HI/c1-2-22-20(24-13-18-26-25-17-5-3-4-8-27(17)18)23-7-6-14-11-15(21)19-16(12-14)28-9-10-29-19;/h3-5,8,11-12H,2,6-7,9-10,13H2,1H3,(H2,22,23,24);1H. The van der Waals surface area contributed by atoms with Crippen LogP contribution in [-0.4, -0.2) is 46.9 Å². The molecule has 1 aliphatic heterocycles. The van der Waals surface area contributed by atoms with Gasteiger partial charge in [-0.15, -0.1) is 34.2 Å². The van der Waals surface area contributed by atoms with Gasteiger partial charge in [-0.25, -0.2) is 4.99 Å². The number of guanidine groups is 1. The van der Waals surface area contributed by atoms with Crippen molar-refractivity contribution in [2.45, 2.75) is 19.9 Å². The van der Waals surface area contributed by atoms with Crippen LogP contribution >= 0.6 is 35.6 Å². The molecule has 0 radical (unpaired) electrons. The first-order chi connectivity index (χ1) is 14.2. The number of aliphatic imine (C=N–C) groups is 1. The van der Waals surface area contributed by atoms with Gasteiger partial charge >= 0.3 is 0 Å². The van der Waals surface area contributed by atoms with Crippen LogP contribution in [0, 0.1) is 0 Å². The van der Waals surface area contributed by atoms with Gasteiger partial charge in [0.05, 0.1) is 5.02 Å². The summed E-state index contributed by atoms with van der Waals surface area (Å²) in [5.74, 6) is 2.85. The Morgan fingerprint density at radius 1 is 1.20 bits per heavy atom. The molecule has 2 N–H and O–H groups in total. The molecule has 2 aromatic heterocycles. The summed E-state index contributed by atoms with van der Waals surface area (Å²) < 4.78 is 13.1. The predicted molar refractivity (Wildman–Crippen MR) is 127 cm³/mol. The number of nitrogens with one attached hydrogen (secondary N) is 2. The second-order valence-electron chi connectivity index (χ2n) is 6.52. The number of halogens is 2. The molecule has 30 heavy (non-hydrogen) atoms. The lowest BCUT2D eigenvalue weighted by atomic mass is 10.1. The topological polar surface area (TPSA) is 85.1 Å². The van der Waals surface area contributed by atoms with Crippen LogP contribution in [0.4, 0.5) is 0 Å². The quantitative estimate of drug-likeness (QED) is 0.283. The highest BCUT2D eigenvalue weighted by Gasteiger charge is 2.16. The molecule has 10 heteroatoms. The van der Waals surface area contributed by atoms with Crippen LogP contribution in [-0.2, 0) is 13.0 Å². The second kappa shape index (κ2) is 10.7. The predicted octanol–water partition coefficient (Wildman–Crippen LogP) is 3.07. The Labute approximate surface area is 197 Å². The van der Waals surface area contributed by atoms with E-state index in [1.807, 2.05) is 47.9 Å². The molecule has 1 aromatic carbocycles. The van der Waals surface area contributed by atoms with Crippen LogP contribution in [0.15, 0.2) is 41.5 Å². The fraction of sp³-hybridized carbons (Fsp3) is 0.350. The largest absolute Gasteiger partial charge is 0.486 e. The Bertz CT molecular complexity index is 1030. The minimum absolute atomic E-state index is 0. The van der Waals surface area contributed by atoms with E-state index < -0.39 is 0 Å². The lowest BCUT2D eigenvalue weighted by Gasteiger charge is -2.20. The molecule has 1 aliphatic rings. The molecular formula is C20H24ClIN6O2. The zero-order valence-electron chi connectivity index (χ0n) is 16.6. The average Bonchev–Trinajstić information content (AvgIpc) is 3.15. The Morgan fingerprint density at radius 2 is 2.07 bits per heavy atom. The lowest BCUT2D eigenvalue weighted by molar-refractivity contribution is 0.171. The van der Waals surface area contributed by atoms with Gasteiger partial charge in [0.25, 0.3) is 0 Å². The van der Waals surface area contributed by atoms with E-state index in [-0.39, 0.29) is 24.0 Å². The van der Waals surface area contributed by atoms with Gasteiger partial charge < -0.3 is 20.1 Å². The van der Waals surface area contributed by atoms with Crippen molar-refractivity contribution >= 4 is 47.2 Å². The summed E-state index contributed by atoms with van der Waals surface area (Å²) in [6.45, 7) is 4.99. The van der Waals surface area contributed by atoms with Crippen LogP contribution in [0.1, 0.15) is 18.3 Å². The maximum Gasteiger partial charge on any atom is 0.191 e. The zero-order chi connectivity index (χ0) is 20.1. The fourth-order valence-corrected chi connectivity index (χ4v) is 3.41. The molecule has 8 nitrogen and oxygen atoms in total. The van der Waals surface area contributed by atoms with Crippen molar-refractivity contribution in [2.24, 2.45) is 4.99 Å². The number of hydrogen-bond donors (Lipinski definition) is 2. The highest BCUT2D eigenvalue weighted by Crippen LogP contribution is 2.38. The lowest BCUT2D eigenvalue weighted by Crippen LogP contribution is -2.38. The Balaban J connectivity index is 0.00000256. The monoisotopic (exact) mass is 542 g/mol. The molecule has 0 bridgehead atoms. The maximum atomic E-state index is 6.32. The van der Waals surface area contributed by atoms with Gasteiger partial charge in [-0.3, -0.25) is 4.40 Å². The SMILES string of the molecule is CCNC(=NCc1nnc2ccccn12)NCCc1cc(Cl)c2c(c1)OCCO2.I. The van der Waals surface area contributed by atoms with E-state index in [1.165, 1.54) is 0 Å². The van der Waals surface area contributed by atoms with E-state index in [0.717, 1.165) is 36.0 Å². The van der Waals surface area contributed by atoms with Crippen LogP contribution in [0.2, 0.25) is 5.02 Å². The smallest absolute Gasteiger partial charge is 0.191 e. The molecule has 0 atom stereocenters. The molecule has 160 valence electrons. The van der Waals surface area contributed by atoms with E-state index in [1.54, 1.807) is 0 Å². The van der Waals surface area contributed by atoms with Gasteiger partial charge in [0, 0.05) is 19.3 Å². The zero-order valence-corrected chi connectivity index (χ0v) is 19.7. The van der Waals surface area contributed by atoms with Crippen molar-refractivity contribution in [3.8, 4) is 11.5 Å². The molecule has 0 amide bonds. The Morgan fingerprint density at radius 3 is 2.93 bits per heavy atom. The number of rotatable bonds is 6. The number of nitrogens with zero attached hydrogens (tertiary/aromatic N) is 4. The summed E-state index contributed by atoms with van der Waals surface area (Å²) in [6.07, 6.45) is 2.71. The van der Waals surface area contributed by atoms with E-state index in [9.17, 15) is 0 Å². The normalized spacial score (nSPS) is 13.1. The summed E-state index contributed by atoms with van der Waals surface area (Å²) in [5.41, 5.74) is 1.89. The van der Waals surface area contributed by atoms with E-state index in [2.05, 4.69) is 25.8 Å². The van der Waals surface area contributed by atoms with Gasteiger partial charge in [-0.2, -0.15) is 0 Å². The van der Waals surface area contributed by atoms with Gasteiger partial charge in [0.1, 0.15) is 19.8 Å². The first-order valence-corrected chi connectivity index (χ1v) is 10.0. The number of aromatic nitrogens is 3. The number of fused-ring (bicyclic) bond motifs is 2. The molecule has 3 aromatic rings. The molecular weight excluding hydrogens is 519 g/mol. The minimum Gasteiger partial charge on any atom is -0.486 e. The van der Waals surface area contributed by atoms with Crippen molar-refractivity contribution in [3.05, 3.63) is 52.9 Å². The molecule has 0 fully saturated rings. The summed E-state index contributed by atoms with van der Waals surface area (Å²) in [4.78, 5) is 4.63. The third-order valence-corrected chi connectivity index (χ3v) is 4.75. The van der Waals surface area contributed by atoms with Gasteiger partial charge in [0.15, 0.2) is 28.9 Å². The van der Waals surface area contributed by atoms with Crippen LogP contribution < -0.4 is 20.1 Å². The van der Waals surface area contributed by atoms with Crippen LogP contribution in [0.5, 0.6) is 11.5 Å². The third-order valence-electron chi connectivity index (χ3n) is 4.47. The molecule has 0 saturated heterocycles. The Kier molecular flexibility index (Phi) is 7.97.